The second kappa shape index (κ2) is 7.85. The highest BCUT2D eigenvalue weighted by Gasteiger charge is 2.33. The Bertz CT molecular complexity index is 896. The summed E-state index contributed by atoms with van der Waals surface area (Å²) in [7, 11) is 0. The first kappa shape index (κ1) is 19.9. The Morgan fingerprint density at radius 2 is 1.81 bits per heavy atom. The molecule has 0 bridgehead atoms. The number of hydrogen-bond donors (Lipinski definition) is 1. The molecule has 0 atom stereocenters. The molecule has 0 aliphatic heterocycles. The highest BCUT2D eigenvalue weighted by Crippen LogP contribution is 2.34. The van der Waals surface area contributed by atoms with Crippen LogP contribution in [0.2, 0.25) is 0 Å². The van der Waals surface area contributed by atoms with Crippen LogP contribution in [-0.2, 0) is 15.7 Å². The number of halogens is 3. The normalized spacial score (nSPS) is 11.0. The molecule has 0 aliphatic carbocycles. The zero-order valence-corrected chi connectivity index (χ0v) is 13.9. The number of nitro benzene ring substituents is 1. The maximum Gasteiger partial charge on any atom is 0.418 e. The first-order valence-corrected chi connectivity index (χ1v) is 7.48. The van der Waals surface area contributed by atoms with E-state index in [1.54, 1.807) is 0 Å². The van der Waals surface area contributed by atoms with E-state index in [1.807, 2.05) is 5.32 Å². The number of aryl methyl sites for hydroxylation is 1. The molecule has 27 heavy (non-hydrogen) atoms. The van der Waals surface area contributed by atoms with Crippen LogP contribution >= 0.6 is 0 Å². The number of anilines is 1. The van der Waals surface area contributed by atoms with Crippen molar-refractivity contribution in [3.05, 3.63) is 69.3 Å². The van der Waals surface area contributed by atoms with Crippen molar-refractivity contribution in [2.45, 2.75) is 13.1 Å². The predicted molar refractivity (Wildman–Crippen MR) is 88.2 cm³/mol. The number of alkyl halides is 3. The van der Waals surface area contributed by atoms with E-state index in [2.05, 4.69) is 0 Å². The summed E-state index contributed by atoms with van der Waals surface area (Å²) in [5.41, 5.74) is -2.15. The summed E-state index contributed by atoms with van der Waals surface area (Å²) < 4.78 is 43.4. The molecule has 2 aromatic carbocycles. The van der Waals surface area contributed by atoms with Crippen molar-refractivity contribution in [1.82, 2.24) is 0 Å². The molecule has 0 radical (unpaired) electrons. The summed E-state index contributed by atoms with van der Waals surface area (Å²) in [6.45, 7) is 0.520. The molecular weight excluding hydrogens is 369 g/mol. The Kier molecular flexibility index (Phi) is 5.78. The third kappa shape index (κ3) is 4.81. The summed E-state index contributed by atoms with van der Waals surface area (Å²) in [5.74, 6) is -2.15. The van der Waals surface area contributed by atoms with Gasteiger partial charge in [0.05, 0.1) is 16.2 Å². The van der Waals surface area contributed by atoms with Gasteiger partial charge in [0.25, 0.3) is 11.6 Å². The highest BCUT2D eigenvalue weighted by molar-refractivity contribution is 5.98. The number of amides is 1. The van der Waals surface area contributed by atoms with Gasteiger partial charge in [0, 0.05) is 5.56 Å². The molecule has 0 spiro atoms. The Labute approximate surface area is 150 Å². The topological polar surface area (TPSA) is 98.5 Å². The number of nitrogens with one attached hydrogen (secondary N) is 1. The standard InChI is InChI=1S/C17H13F3N2O5/c1-10-5-4-6-11(15(10)22(25)26)16(24)27-9-14(23)21-13-8-3-2-7-12(13)17(18,19)20/h2-8H,9H2,1H3,(H,21,23). The zero-order valence-electron chi connectivity index (χ0n) is 13.9. The summed E-state index contributed by atoms with van der Waals surface area (Å²) in [6, 6.07) is 8.28. The van der Waals surface area contributed by atoms with E-state index >= 15 is 0 Å². The van der Waals surface area contributed by atoms with Crippen molar-refractivity contribution in [2.75, 3.05) is 11.9 Å². The van der Waals surface area contributed by atoms with E-state index in [0.29, 0.717) is 0 Å². The van der Waals surface area contributed by atoms with Gasteiger partial charge in [-0.1, -0.05) is 24.3 Å². The van der Waals surface area contributed by atoms with Crippen LogP contribution in [0.5, 0.6) is 0 Å². The van der Waals surface area contributed by atoms with E-state index in [-0.39, 0.29) is 11.1 Å². The van der Waals surface area contributed by atoms with E-state index in [0.717, 1.165) is 24.3 Å². The Balaban J connectivity index is 2.09. The van der Waals surface area contributed by atoms with E-state index in [9.17, 15) is 32.9 Å². The highest BCUT2D eigenvalue weighted by atomic mass is 19.4. The first-order valence-electron chi connectivity index (χ1n) is 7.48. The van der Waals surface area contributed by atoms with Crippen LogP contribution in [0.1, 0.15) is 21.5 Å². The number of carbonyl (C=O) groups is 2. The first-order chi connectivity index (χ1) is 12.6. The summed E-state index contributed by atoms with van der Waals surface area (Å²) in [4.78, 5) is 34.2. The number of rotatable bonds is 5. The van der Waals surface area contributed by atoms with Gasteiger partial charge in [-0.15, -0.1) is 0 Å². The van der Waals surface area contributed by atoms with Gasteiger partial charge in [-0.05, 0) is 25.1 Å². The zero-order chi connectivity index (χ0) is 20.2. The number of carbonyl (C=O) groups excluding carboxylic acids is 2. The minimum atomic E-state index is -4.68. The third-order valence-electron chi connectivity index (χ3n) is 3.48. The lowest BCUT2D eigenvalue weighted by Crippen LogP contribution is -2.23. The molecule has 0 aliphatic rings. The molecule has 0 heterocycles. The molecule has 2 aromatic rings. The van der Waals surface area contributed by atoms with Crippen LogP contribution in [0, 0.1) is 17.0 Å². The summed E-state index contributed by atoms with van der Waals surface area (Å²) >= 11 is 0. The Hall–Kier alpha value is -3.43. The van der Waals surface area contributed by atoms with Gasteiger partial charge in [-0.25, -0.2) is 4.79 Å². The van der Waals surface area contributed by atoms with Crippen molar-refractivity contribution in [1.29, 1.82) is 0 Å². The average molecular weight is 382 g/mol. The minimum absolute atomic E-state index is 0.220. The van der Waals surface area contributed by atoms with Crippen LogP contribution < -0.4 is 5.32 Å². The fourth-order valence-corrected chi connectivity index (χ4v) is 2.30. The molecule has 0 unspecified atom stereocenters. The molecule has 142 valence electrons. The summed E-state index contributed by atoms with van der Waals surface area (Å²) in [6.07, 6.45) is -4.68. The lowest BCUT2D eigenvalue weighted by Gasteiger charge is -2.13. The number of nitro groups is 1. The Morgan fingerprint density at radius 1 is 1.15 bits per heavy atom. The van der Waals surface area contributed by atoms with Crippen LogP contribution in [0.25, 0.3) is 0 Å². The van der Waals surface area contributed by atoms with Gasteiger partial charge in [-0.2, -0.15) is 13.2 Å². The predicted octanol–water partition coefficient (Wildman–Crippen LogP) is 3.72. The smallest absolute Gasteiger partial charge is 0.418 e. The number of para-hydroxylation sites is 2. The maximum absolute atomic E-state index is 12.9. The molecule has 0 saturated heterocycles. The van der Waals surface area contributed by atoms with Gasteiger partial charge < -0.3 is 10.1 Å². The SMILES string of the molecule is Cc1cccc(C(=O)OCC(=O)Nc2ccccc2C(F)(F)F)c1[N+](=O)[O-]. The third-order valence-corrected chi connectivity index (χ3v) is 3.48. The van der Waals surface area contributed by atoms with E-state index in [1.165, 1.54) is 25.1 Å². The van der Waals surface area contributed by atoms with Crippen LogP contribution in [0.3, 0.4) is 0 Å². The van der Waals surface area contributed by atoms with Gasteiger partial charge in [0.1, 0.15) is 5.56 Å². The molecule has 10 heteroatoms. The molecule has 1 N–H and O–H groups in total. The van der Waals surface area contributed by atoms with Crippen molar-refractivity contribution >= 4 is 23.3 Å². The second-order valence-corrected chi connectivity index (χ2v) is 5.40. The van der Waals surface area contributed by atoms with Crippen molar-refractivity contribution in [3.8, 4) is 0 Å². The lowest BCUT2D eigenvalue weighted by molar-refractivity contribution is -0.385. The molecule has 2 rings (SSSR count). The fraction of sp³-hybridized carbons (Fsp3) is 0.176. The second-order valence-electron chi connectivity index (χ2n) is 5.40. The van der Waals surface area contributed by atoms with Gasteiger partial charge >= 0.3 is 12.1 Å². The quantitative estimate of drug-likeness (QED) is 0.483. The van der Waals surface area contributed by atoms with Crippen LogP contribution in [-0.4, -0.2) is 23.4 Å². The minimum Gasteiger partial charge on any atom is -0.452 e. The largest absolute Gasteiger partial charge is 0.452 e. The monoisotopic (exact) mass is 382 g/mol. The molecule has 0 saturated carbocycles. The number of benzene rings is 2. The molecular formula is C17H13F3N2O5. The molecule has 0 fully saturated rings. The average Bonchev–Trinajstić information content (AvgIpc) is 2.58. The summed E-state index contributed by atoms with van der Waals surface area (Å²) in [5, 5.41) is 13.1. The number of hydrogen-bond acceptors (Lipinski definition) is 5. The van der Waals surface area contributed by atoms with Crippen LogP contribution in [0.15, 0.2) is 42.5 Å². The number of nitrogens with zero attached hydrogens (tertiary/aromatic N) is 1. The van der Waals surface area contributed by atoms with Gasteiger partial charge in [0.15, 0.2) is 6.61 Å². The van der Waals surface area contributed by atoms with Crippen molar-refractivity contribution < 1.29 is 32.4 Å². The molecule has 0 aromatic heterocycles. The van der Waals surface area contributed by atoms with Crippen molar-refractivity contribution in [2.24, 2.45) is 0 Å². The van der Waals surface area contributed by atoms with E-state index in [4.69, 9.17) is 4.74 Å². The van der Waals surface area contributed by atoms with Gasteiger partial charge in [0.2, 0.25) is 0 Å². The molecule has 7 nitrogen and oxygen atoms in total. The van der Waals surface area contributed by atoms with E-state index < -0.39 is 46.5 Å². The van der Waals surface area contributed by atoms with Gasteiger partial charge in [-0.3, -0.25) is 14.9 Å². The number of esters is 1. The fourth-order valence-electron chi connectivity index (χ4n) is 2.30. The maximum atomic E-state index is 12.9. The Morgan fingerprint density at radius 3 is 2.44 bits per heavy atom. The molecule has 1 amide bonds. The van der Waals surface area contributed by atoms with Crippen LogP contribution in [0.4, 0.5) is 24.5 Å². The number of ether oxygens (including phenoxy) is 1. The van der Waals surface area contributed by atoms with Crippen molar-refractivity contribution in [3.63, 3.8) is 0 Å². The lowest BCUT2D eigenvalue weighted by atomic mass is 10.1.